The molecule has 29 heavy (non-hydrogen) atoms. The van der Waals surface area contributed by atoms with Gasteiger partial charge < -0.3 is 19.6 Å². The van der Waals surface area contributed by atoms with E-state index >= 15 is 0 Å². The highest BCUT2D eigenvalue weighted by Crippen LogP contribution is 2.34. The van der Waals surface area contributed by atoms with Crippen LogP contribution < -0.4 is 9.64 Å². The number of hydrogen-bond acceptors (Lipinski definition) is 6. The van der Waals surface area contributed by atoms with Gasteiger partial charge >= 0.3 is 0 Å². The first kappa shape index (κ1) is 21.6. The third-order valence-electron chi connectivity index (χ3n) is 5.28. The second kappa shape index (κ2) is 9.57. The summed E-state index contributed by atoms with van der Waals surface area (Å²) in [5, 5.41) is 12.5. The molecule has 1 saturated heterocycles. The first-order chi connectivity index (χ1) is 13.7. The zero-order chi connectivity index (χ0) is 19.5. The number of ether oxygens (including phenoxy) is 1. The number of piperazine rings is 1. The van der Waals surface area contributed by atoms with Gasteiger partial charge in [0.2, 0.25) is 0 Å². The monoisotopic (exact) mass is 413 g/mol. The van der Waals surface area contributed by atoms with E-state index in [0.29, 0.717) is 0 Å². The summed E-state index contributed by atoms with van der Waals surface area (Å²) in [6.07, 6.45) is -0.209. The molecule has 0 radical (unpaired) electrons. The van der Waals surface area contributed by atoms with Crippen LogP contribution in [0, 0.1) is 0 Å². The Morgan fingerprint density at radius 1 is 1.14 bits per heavy atom. The second-order valence-electron chi connectivity index (χ2n) is 7.23. The summed E-state index contributed by atoms with van der Waals surface area (Å²) in [6.45, 7) is 9.40. The topological polar surface area (TPSA) is 48.8 Å². The number of nitrogens with zero attached hydrogens (tertiary/aromatic N) is 3. The Morgan fingerprint density at radius 3 is 2.52 bits per heavy atom. The van der Waals surface area contributed by atoms with Crippen molar-refractivity contribution in [2.75, 3.05) is 44.2 Å². The fourth-order valence-electron chi connectivity index (χ4n) is 3.57. The molecule has 1 aromatic carbocycles. The predicted molar refractivity (Wildman–Crippen MR) is 123 cm³/mol. The Hall–Kier alpha value is -2.15. The van der Waals surface area contributed by atoms with Crippen LogP contribution in [0.1, 0.15) is 21.3 Å². The van der Waals surface area contributed by atoms with Crippen molar-refractivity contribution in [1.82, 2.24) is 9.88 Å². The third-order valence-corrected chi connectivity index (χ3v) is 6.21. The van der Waals surface area contributed by atoms with Gasteiger partial charge in [-0.15, -0.1) is 11.3 Å². The number of anilines is 1. The maximum atomic E-state index is 9.15. The average molecular weight is 414 g/mol. The van der Waals surface area contributed by atoms with E-state index < -0.39 is 0 Å². The molecule has 1 fully saturated rings. The standard InChI is InChI=1S/C22H27N3O2S.CH4/c1-3-24-9-11-25(12-10-24)22-21-18(8-13-28-21)14-20(23-22)17-4-6-19(7-5-17)27-16(2)15-26;/h4-8,13-14,16,26H,3,9-12,15H2,1-2H3;1H4/t16-;/m0./s1. The van der Waals surface area contributed by atoms with E-state index in [2.05, 4.69) is 34.2 Å². The van der Waals surface area contributed by atoms with Crippen LogP contribution in [-0.4, -0.2) is 60.4 Å². The number of hydrogen-bond donors (Lipinski definition) is 1. The summed E-state index contributed by atoms with van der Waals surface area (Å²) in [5.74, 6) is 1.87. The number of aliphatic hydroxyl groups is 1. The molecule has 0 aliphatic carbocycles. The quantitative estimate of drug-likeness (QED) is 0.645. The zero-order valence-electron chi connectivity index (χ0n) is 16.5. The highest BCUT2D eigenvalue weighted by Gasteiger charge is 2.20. The third kappa shape index (κ3) is 4.71. The van der Waals surface area contributed by atoms with E-state index in [1.165, 1.54) is 10.1 Å². The van der Waals surface area contributed by atoms with Gasteiger partial charge in [0, 0.05) is 31.7 Å². The highest BCUT2D eigenvalue weighted by atomic mass is 32.1. The first-order valence-corrected chi connectivity index (χ1v) is 10.8. The van der Waals surface area contributed by atoms with Crippen molar-refractivity contribution in [3.63, 3.8) is 0 Å². The van der Waals surface area contributed by atoms with E-state index in [9.17, 15) is 0 Å². The first-order valence-electron chi connectivity index (χ1n) is 9.91. The Bertz CT molecular complexity index is 918. The highest BCUT2D eigenvalue weighted by molar-refractivity contribution is 7.17. The molecule has 2 aromatic heterocycles. The summed E-state index contributed by atoms with van der Waals surface area (Å²) in [6, 6.07) is 12.3. The van der Waals surface area contributed by atoms with Crippen LogP contribution in [0.3, 0.4) is 0 Å². The van der Waals surface area contributed by atoms with Gasteiger partial charge in [0.15, 0.2) is 0 Å². The van der Waals surface area contributed by atoms with Crippen LogP contribution in [0.5, 0.6) is 5.75 Å². The van der Waals surface area contributed by atoms with Crippen molar-refractivity contribution in [2.45, 2.75) is 27.4 Å². The lowest BCUT2D eigenvalue weighted by Crippen LogP contribution is -2.46. The Kier molecular flexibility index (Phi) is 7.11. The fourth-order valence-corrected chi connectivity index (χ4v) is 4.46. The van der Waals surface area contributed by atoms with E-state index in [1.807, 2.05) is 31.2 Å². The molecule has 1 atom stereocenters. The summed E-state index contributed by atoms with van der Waals surface area (Å²) >= 11 is 1.77. The minimum Gasteiger partial charge on any atom is -0.488 e. The number of likely N-dealkylation sites (N-methyl/N-ethyl adjacent to an activating group) is 1. The zero-order valence-corrected chi connectivity index (χ0v) is 17.3. The molecule has 3 aromatic rings. The van der Waals surface area contributed by atoms with Crippen molar-refractivity contribution in [2.24, 2.45) is 0 Å². The number of aromatic nitrogens is 1. The van der Waals surface area contributed by atoms with Crippen LogP contribution in [0.4, 0.5) is 5.82 Å². The van der Waals surface area contributed by atoms with Crippen LogP contribution >= 0.6 is 11.3 Å². The average Bonchev–Trinajstić information content (AvgIpc) is 3.22. The molecule has 4 rings (SSSR count). The molecule has 1 aliphatic heterocycles. The molecule has 0 bridgehead atoms. The van der Waals surface area contributed by atoms with Gasteiger partial charge in [-0.1, -0.05) is 14.4 Å². The van der Waals surface area contributed by atoms with Crippen molar-refractivity contribution < 1.29 is 9.84 Å². The summed E-state index contributed by atoms with van der Waals surface area (Å²) in [7, 11) is 0. The lowest BCUT2D eigenvalue weighted by Gasteiger charge is -2.35. The number of benzene rings is 1. The molecule has 1 aliphatic rings. The summed E-state index contributed by atoms with van der Waals surface area (Å²) < 4.78 is 6.94. The molecule has 3 heterocycles. The molecule has 156 valence electrons. The number of pyridine rings is 1. The number of rotatable bonds is 6. The van der Waals surface area contributed by atoms with Crippen LogP contribution in [0.15, 0.2) is 41.8 Å². The van der Waals surface area contributed by atoms with Crippen LogP contribution in [-0.2, 0) is 0 Å². The summed E-state index contributed by atoms with van der Waals surface area (Å²) in [4.78, 5) is 9.97. The Balaban J connectivity index is 0.00000240. The molecular formula is C23H31N3O2S. The van der Waals surface area contributed by atoms with E-state index in [0.717, 1.165) is 55.5 Å². The smallest absolute Gasteiger partial charge is 0.147 e. The lowest BCUT2D eigenvalue weighted by atomic mass is 10.1. The molecule has 0 unspecified atom stereocenters. The minimum absolute atomic E-state index is 0. The van der Waals surface area contributed by atoms with E-state index in [-0.39, 0.29) is 20.1 Å². The summed E-state index contributed by atoms with van der Waals surface area (Å²) in [5.41, 5.74) is 2.06. The van der Waals surface area contributed by atoms with Crippen molar-refractivity contribution in [3.05, 3.63) is 41.8 Å². The molecule has 0 saturated carbocycles. The minimum atomic E-state index is -0.209. The number of thiophene rings is 1. The largest absolute Gasteiger partial charge is 0.488 e. The Morgan fingerprint density at radius 2 is 1.86 bits per heavy atom. The molecule has 1 N–H and O–H groups in total. The molecule has 6 heteroatoms. The van der Waals surface area contributed by atoms with Crippen molar-refractivity contribution >= 4 is 27.2 Å². The van der Waals surface area contributed by atoms with Crippen molar-refractivity contribution in [1.29, 1.82) is 0 Å². The second-order valence-corrected chi connectivity index (χ2v) is 8.14. The molecule has 5 nitrogen and oxygen atoms in total. The van der Waals surface area contributed by atoms with E-state index in [1.54, 1.807) is 11.3 Å². The molecule has 0 spiro atoms. The van der Waals surface area contributed by atoms with Gasteiger partial charge in [-0.3, -0.25) is 0 Å². The maximum Gasteiger partial charge on any atom is 0.147 e. The van der Waals surface area contributed by atoms with Gasteiger partial charge in [-0.05, 0) is 60.6 Å². The van der Waals surface area contributed by atoms with E-state index in [4.69, 9.17) is 14.8 Å². The van der Waals surface area contributed by atoms with Gasteiger partial charge in [0.1, 0.15) is 17.7 Å². The molecular weight excluding hydrogens is 382 g/mol. The van der Waals surface area contributed by atoms with Crippen LogP contribution in [0.25, 0.3) is 21.3 Å². The van der Waals surface area contributed by atoms with Gasteiger partial charge in [0.25, 0.3) is 0 Å². The Labute approximate surface area is 177 Å². The van der Waals surface area contributed by atoms with Gasteiger partial charge in [-0.25, -0.2) is 4.98 Å². The molecule has 0 amide bonds. The maximum absolute atomic E-state index is 9.15. The fraction of sp³-hybridized carbons (Fsp3) is 0.435. The normalized spacial score (nSPS) is 15.9. The SMILES string of the molecule is C.CCN1CCN(c2nc(-c3ccc(O[C@@H](C)CO)cc3)cc3ccsc23)CC1. The number of aliphatic hydroxyl groups excluding tert-OH is 1. The lowest BCUT2D eigenvalue weighted by molar-refractivity contribution is 0.130. The van der Waals surface area contributed by atoms with Gasteiger partial charge in [-0.2, -0.15) is 0 Å². The number of fused-ring (bicyclic) bond motifs is 1. The van der Waals surface area contributed by atoms with Crippen LogP contribution in [0.2, 0.25) is 0 Å². The van der Waals surface area contributed by atoms with Crippen molar-refractivity contribution in [3.8, 4) is 17.0 Å². The predicted octanol–water partition coefficient (Wildman–Crippen LogP) is 4.50. The van der Waals surface area contributed by atoms with Gasteiger partial charge in [0.05, 0.1) is 17.0 Å².